The summed E-state index contributed by atoms with van der Waals surface area (Å²) in [5.41, 5.74) is -0.111. The minimum absolute atomic E-state index is 0.111. The number of rotatable bonds is 2. The molecule has 1 aliphatic rings. The van der Waals surface area contributed by atoms with Crippen molar-refractivity contribution < 1.29 is 4.79 Å². The number of ketones is 1. The zero-order valence-electron chi connectivity index (χ0n) is 8.10. The predicted molar refractivity (Wildman–Crippen MR) is 50.9 cm³/mol. The molecular weight excluding hydrogens is 148 g/mol. The Kier molecular flexibility index (Phi) is 2.71. The maximum atomic E-state index is 11.7. The van der Waals surface area contributed by atoms with E-state index in [0.29, 0.717) is 11.7 Å². The molecule has 0 unspecified atom stereocenters. The van der Waals surface area contributed by atoms with Crippen molar-refractivity contribution in [3.8, 4) is 0 Å². The molecule has 1 heteroatoms. The van der Waals surface area contributed by atoms with Crippen molar-refractivity contribution in [2.24, 2.45) is 11.3 Å². The summed E-state index contributed by atoms with van der Waals surface area (Å²) >= 11 is 0. The zero-order chi connectivity index (χ0) is 9.19. The van der Waals surface area contributed by atoms with Crippen LogP contribution >= 0.6 is 0 Å². The molecule has 0 aromatic carbocycles. The van der Waals surface area contributed by atoms with E-state index in [1.165, 1.54) is 6.42 Å². The van der Waals surface area contributed by atoms with Gasteiger partial charge >= 0.3 is 0 Å². The molecular formula is C11H18O. The summed E-state index contributed by atoms with van der Waals surface area (Å²) in [5.74, 6) is 0.956. The van der Waals surface area contributed by atoms with Crippen molar-refractivity contribution in [3.05, 3.63) is 12.7 Å². The molecule has 0 N–H and O–H groups in total. The summed E-state index contributed by atoms with van der Waals surface area (Å²) in [6.07, 6.45) is 5.75. The molecule has 1 saturated carbocycles. The second kappa shape index (κ2) is 3.42. The zero-order valence-corrected chi connectivity index (χ0v) is 8.10. The molecule has 0 aliphatic heterocycles. The summed E-state index contributed by atoms with van der Waals surface area (Å²) in [6, 6.07) is 0. The van der Waals surface area contributed by atoms with E-state index in [1.807, 2.05) is 6.08 Å². The lowest BCUT2D eigenvalue weighted by Crippen LogP contribution is -2.37. The molecule has 0 aromatic heterocycles. The Bertz CT molecular complexity index is 195. The number of carbonyl (C=O) groups excluding carboxylic acids is 1. The normalized spacial score (nSPS) is 36.5. The van der Waals surface area contributed by atoms with Crippen LogP contribution in [-0.2, 0) is 4.79 Å². The van der Waals surface area contributed by atoms with Crippen LogP contribution < -0.4 is 0 Å². The lowest BCUT2D eigenvalue weighted by atomic mass is 9.66. The number of allylic oxidation sites excluding steroid dienone is 1. The third-order valence-electron chi connectivity index (χ3n) is 3.33. The van der Waals surface area contributed by atoms with Gasteiger partial charge in [0.1, 0.15) is 5.78 Å². The van der Waals surface area contributed by atoms with Crippen molar-refractivity contribution in [1.82, 2.24) is 0 Å². The van der Waals surface area contributed by atoms with E-state index >= 15 is 0 Å². The first-order valence-electron chi connectivity index (χ1n) is 4.75. The molecule has 0 radical (unpaired) electrons. The molecule has 0 heterocycles. The van der Waals surface area contributed by atoms with E-state index < -0.39 is 0 Å². The van der Waals surface area contributed by atoms with E-state index in [9.17, 15) is 4.79 Å². The molecule has 0 saturated heterocycles. The van der Waals surface area contributed by atoms with E-state index in [2.05, 4.69) is 20.4 Å². The van der Waals surface area contributed by atoms with Crippen molar-refractivity contribution in [2.75, 3.05) is 0 Å². The number of Topliss-reactive ketones (excluding diaryl/α,β-unsaturated/α-hetero) is 1. The maximum Gasteiger partial charge on any atom is 0.139 e. The molecule has 12 heavy (non-hydrogen) atoms. The highest BCUT2D eigenvalue weighted by atomic mass is 16.1. The minimum Gasteiger partial charge on any atom is -0.299 e. The van der Waals surface area contributed by atoms with Crippen LogP contribution in [0.5, 0.6) is 0 Å². The third kappa shape index (κ3) is 1.45. The number of hydrogen-bond acceptors (Lipinski definition) is 1. The summed E-state index contributed by atoms with van der Waals surface area (Å²) in [7, 11) is 0. The average molecular weight is 166 g/mol. The molecule has 0 aromatic rings. The first kappa shape index (κ1) is 9.50. The fourth-order valence-corrected chi connectivity index (χ4v) is 2.06. The fraction of sp³-hybridized carbons (Fsp3) is 0.727. The first-order valence-corrected chi connectivity index (χ1v) is 4.75. The summed E-state index contributed by atoms with van der Waals surface area (Å²) in [4.78, 5) is 11.7. The van der Waals surface area contributed by atoms with Gasteiger partial charge in [0.2, 0.25) is 0 Å². The molecule has 1 fully saturated rings. The highest BCUT2D eigenvalue weighted by Crippen LogP contribution is 2.40. The van der Waals surface area contributed by atoms with E-state index in [4.69, 9.17) is 0 Å². The van der Waals surface area contributed by atoms with Crippen molar-refractivity contribution in [2.45, 2.75) is 39.5 Å². The van der Waals surface area contributed by atoms with Crippen LogP contribution in [0.2, 0.25) is 0 Å². The monoisotopic (exact) mass is 166 g/mol. The van der Waals surface area contributed by atoms with Gasteiger partial charge in [-0.05, 0) is 25.2 Å². The highest BCUT2D eigenvalue weighted by Gasteiger charge is 2.39. The van der Waals surface area contributed by atoms with E-state index in [-0.39, 0.29) is 5.41 Å². The van der Waals surface area contributed by atoms with E-state index in [1.54, 1.807) is 0 Å². The molecule has 1 nitrogen and oxygen atoms in total. The van der Waals surface area contributed by atoms with Crippen LogP contribution in [-0.4, -0.2) is 5.78 Å². The van der Waals surface area contributed by atoms with E-state index in [0.717, 1.165) is 19.3 Å². The van der Waals surface area contributed by atoms with Crippen LogP contribution in [0, 0.1) is 11.3 Å². The van der Waals surface area contributed by atoms with Gasteiger partial charge < -0.3 is 0 Å². The summed E-state index contributed by atoms with van der Waals surface area (Å²) in [5, 5.41) is 0. The van der Waals surface area contributed by atoms with Crippen molar-refractivity contribution >= 4 is 5.78 Å². The lowest BCUT2D eigenvalue weighted by molar-refractivity contribution is -0.133. The highest BCUT2D eigenvalue weighted by molar-refractivity contribution is 5.85. The fourth-order valence-electron chi connectivity index (χ4n) is 2.06. The van der Waals surface area contributed by atoms with Gasteiger partial charge in [-0.1, -0.05) is 19.9 Å². The smallest absolute Gasteiger partial charge is 0.139 e. The van der Waals surface area contributed by atoms with Gasteiger partial charge in [-0.2, -0.15) is 0 Å². The quantitative estimate of drug-likeness (QED) is 0.576. The topological polar surface area (TPSA) is 17.1 Å². The Hall–Kier alpha value is -0.590. The molecule has 1 rings (SSSR count). The molecule has 2 atom stereocenters. The Morgan fingerprint density at radius 3 is 2.92 bits per heavy atom. The lowest BCUT2D eigenvalue weighted by Gasteiger charge is -2.37. The van der Waals surface area contributed by atoms with Crippen molar-refractivity contribution in [3.63, 3.8) is 0 Å². The summed E-state index contributed by atoms with van der Waals surface area (Å²) < 4.78 is 0. The average Bonchev–Trinajstić information content (AvgIpc) is 2.02. The standard InChI is InChI=1S/C11H18O/c1-4-8-11(3)9(2)6-5-7-10(11)12/h4,9H,1,5-8H2,2-3H3/t9-,11-/m1/s1. The van der Waals surface area contributed by atoms with Crippen molar-refractivity contribution in [1.29, 1.82) is 0 Å². The van der Waals surface area contributed by atoms with Gasteiger partial charge in [0.25, 0.3) is 0 Å². The molecule has 1 aliphatic carbocycles. The van der Waals surface area contributed by atoms with Gasteiger partial charge in [-0.15, -0.1) is 6.58 Å². The largest absolute Gasteiger partial charge is 0.299 e. The van der Waals surface area contributed by atoms with Gasteiger partial charge in [0, 0.05) is 11.8 Å². The second-order valence-electron chi connectivity index (χ2n) is 4.13. The first-order chi connectivity index (χ1) is 5.61. The molecule has 68 valence electrons. The van der Waals surface area contributed by atoms with Crippen LogP contribution in [0.15, 0.2) is 12.7 Å². The van der Waals surface area contributed by atoms with Gasteiger partial charge in [0.15, 0.2) is 0 Å². The van der Waals surface area contributed by atoms with Gasteiger partial charge in [0.05, 0.1) is 0 Å². The Labute approximate surface area is 74.9 Å². The van der Waals surface area contributed by atoms with Gasteiger partial charge in [-0.25, -0.2) is 0 Å². The van der Waals surface area contributed by atoms with Crippen LogP contribution in [0.1, 0.15) is 39.5 Å². The maximum absolute atomic E-state index is 11.7. The molecule has 0 amide bonds. The predicted octanol–water partition coefficient (Wildman–Crippen LogP) is 2.96. The van der Waals surface area contributed by atoms with Crippen LogP contribution in [0.3, 0.4) is 0 Å². The molecule has 0 bridgehead atoms. The minimum atomic E-state index is -0.111. The third-order valence-corrected chi connectivity index (χ3v) is 3.33. The SMILES string of the molecule is C=CC[C@@]1(C)C(=O)CCC[C@H]1C. The van der Waals surface area contributed by atoms with Crippen LogP contribution in [0.25, 0.3) is 0 Å². The Balaban J connectivity index is 2.79. The second-order valence-corrected chi connectivity index (χ2v) is 4.13. The molecule has 0 spiro atoms. The van der Waals surface area contributed by atoms with Crippen LogP contribution in [0.4, 0.5) is 0 Å². The summed E-state index contributed by atoms with van der Waals surface area (Å²) in [6.45, 7) is 7.98. The Morgan fingerprint density at radius 2 is 2.42 bits per heavy atom. The number of carbonyl (C=O) groups is 1. The Morgan fingerprint density at radius 1 is 1.75 bits per heavy atom. The number of hydrogen-bond donors (Lipinski definition) is 0. The van der Waals surface area contributed by atoms with Gasteiger partial charge in [-0.3, -0.25) is 4.79 Å².